The fourth-order valence-corrected chi connectivity index (χ4v) is 2.85. The Balaban J connectivity index is 1.70. The van der Waals surface area contributed by atoms with Gasteiger partial charge in [-0.2, -0.15) is 0 Å². The molecule has 0 aromatic rings. The molecule has 0 amide bonds. The number of methoxy groups -OCH3 is 1. The molecule has 0 radical (unpaired) electrons. The van der Waals surface area contributed by atoms with E-state index in [0.29, 0.717) is 23.5 Å². The van der Waals surface area contributed by atoms with Crippen molar-refractivity contribution in [2.75, 3.05) is 26.9 Å². The van der Waals surface area contributed by atoms with Gasteiger partial charge in [-0.3, -0.25) is 0 Å². The first kappa shape index (κ1) is 14.3. The molecule has 0 aromatic heterocycles. The van der Waals surface area contributed by atoms with Crippen LogP contribution in [-0.4, -0.2) is 39.0 Å². The molecular weight excluding hydrogens is 226 g/mol. The lowest BCUT2D eigenvalue weighted by molar-refractivity contribution is -0.0251. The van der Waals surface area contributed by atoms with Crippen LogP contribution < -0.4 is 5.32 Å². The molecule has 3 heteroatoms. The average molecular weight is 255 g/mol. The van der Waals surface area contributed by atoms with Gasteiger partial charge in [0.1, 0.15) is 0 Å². The molecule has 2 aliphatic rings. The molecule has 2 fully saturated rings. The van der Waals surface area contributed by atoms with Crippen LogP contribution in [0.5, 0.6) is 0 Å². The summed E-state index contributed by atoms with van der Waals surface area (Å²) in [4.78, 5) is 0. The maximum Gasteiger partial charge on any atom is 0.0612 e. The summed E-state index contributed by atoms with van der Waals surface area (Å²) >= 11 is 0. The van der Waals surface area contributed by atoms with Crippen LogP contribution in [0.3, 0.4) is 0 Å². The van der Waals surface area contributed by atoms with Crippen molar-refractivity contribution in [2.45, 2.75) is 58.1 Å². The molecule has 1 saturated heterocycles. The Morgan fingerprint density at radius 2 is 2.17 bits per heavy atom. The summed E-state index contributed by atoms with van der Waals surface area (Å²) in [6.07, 6.45) is 6.76. The van der Waals surface area contributed by atoms with Crippen molar-refractivity contribution < 1.29 is 9.47 Å². The molecular formula is C15H29NO2. The highest BCUT2D eigenvalue weighted by molar-refractivity contribution is 4.95. The fourth-order valence-electron chi connectivity index (χ4n) is 2.85. The van der Waals surface area contributed by atoms with Crippen molar-refractivity contribution in [3.05, 3.63) is 0 Å². The summed E-state index contributed by atoms with van der Waals surface area (Å²) in [6.45, 7) is 7.52. The Hall–Kier alpha value is -0.120. The third-order valence-electron chi connectivity index (χ3n) is 4.62. The Morgan fingerprint density at radius 3 is 2.78 bits per heavy atom. The topological polar surface area (TPSA) is 30.5 Å². The second-order valence-corrected chi connectivity index (χ2v) is 6.50. The average Bonchev–Trinajstić information content (AvgIpc) is 3.15. The van der Waals surface area contributed by atoms with Crippen LogP contribution in [0.2, 0.25) is 0 Å². The Morgan fingerprint density at radius 1 is 1.39 bits per heavy atom. The van der Waals surface area contributed by atoms with Crippen LogP contribution >= 0.6 is 0 Å². The molecule has 1 heterocycles. The number of hydrogen-bond acceptors (Lipinski definition) is 3. The summed E-state index contributed by atoms with van der Waals surface area (Å²) in [5.41, 5.74) is 0.557. The van der Waals surface area contributed by atoms with E-state index >= 15 is 0 Å². The Kier molecular flexibility index (Phi) is 5.05. The third kappa shape index (κ3) is 3.94. The van der Waals surface area contributed by atoms with Gasteiger partial charge in [-0.05, 0) is 43.4 Å². The Labute approximate surface area is 112 Å². The number of nitrogens with one attached hydrogen (secondary N) is 1. The zero-order valence-corrected chi connectivity index (χ0v) is 12.2. The van der Waals surface area contributed by atoms with Crippen LogP contribution in [0, 0.1) is 11.3 Å². The first-order valence-corrected chi connectivity index (χ1v) is 7.49. The van der Waals surface area contributed by atoms with Gasteiger partial charge in [0, 0.05) is 32.9 Å². The SMILES string of the molecule is COCCC1(CNC2CCOC(C(C)C)C2)CC1. The van der Waals surface area contributed by atoms with Gasteiger partial charge in [0.15, 0.2) is 0 Å². The zero-order valence-electron chi connectivity index (χ0n) is 12.2. The lowest BCUT2D eigenvalue weighted by Crippen LogP contribution is -2.43. The van der Waals surface area contributed by atoms with Crippen LogP contribution in [0.1, 0.15) is 46.0 Å². The normalized spacial score (nSPS) is 30.7. The number of ether oxygens (including phenoxy) is 2. The fraction of sp³-hybridized carbons (Fsp3) is 1.00. The van der Waals surface area contributed by atoms with E-state index in [0.717, 1.165) is 13.2 Å². The van der Waals surface area contributed by atoms with E-state index in [1.165, 1.54) is 38.6 Å². The lowest BCUT2D eigenvalue weighted by Gasteiger charge is -2.33. The van der Waals surface area contributed by atoms with Crippen LogP contribution in [0.25, 0.3) is 0 Å². The first-order valence-electron chi connectivity index (χ1n) is 7.49. The summed E-state index contributed by atoms with van der Waals surface area (Å²) < 4.78 is 11.0. The van der Waals surface area contributed by atoms with Gasteiger partial charge in [-0.25, -0.2) is 0 Å². The highest BCUT2D eigenvalue weighted by Crippen LogP contribution is 2.48. The largest absolute Gasteiger partial charge is 0.385 e. The molecule has 0 spiro atoms. The highest BCUT2D eigenvalue weighted by atomic mass is 16.5. The van der Waals surface area contributed by atoms with E-state index in [2.05, 4.69) is 19.2 Å². The molecule has 1 aliphatic carbocycles. The maximum absolute atomic E-state index is 5.82. The summed E-state index contributed by atoms with van der Waals surface area (Å²) in [5, 5.41) is 3.78. The molecule has 1 aliphatic heterocycles. The van der Waals surface area contributed by atoms with Crippen molar-refractivity contribution in [3.8, 4) is 0 Å². The minimum atomic E-state index is 0.449. The van der Waals surface area contributed by atoms with Crippen molar-refractivity contribution in [1.82, 2.24) is 5.32 Å². The Bertz CT molecular complexity index is 251. The quantitative estimate of drug-likeness (QED) is 0.758. The zero-order chi connectivity index (χ0) is 13.0. The van der Waals surface area contributed by atoms with Crippen molar-refractivity contribution in [2.24, 2.45) is 11.3 Å². The number of hydrogen-bond donors (Lipinski definition) is 1. The van der Waals surface area contributed by atoms with Crippen LogP contribution in [0.4, 0.5) is 0 Å². The van der Waals surface area contributed by atoms with Crippen LogP contribution in [0.15, 0.2) is 0 Å². The minimum Gasteiger partial charge on any atom is -0.385 e. The van der Waals surface area contributed by atoms with E-state index in [9.17, 15) is 0 Å². The van der Waals surface area contributed by atoms with E-state index in [4.69, 9.17) is 9.47 Å². The van der Waals surface area contributed by atoms with Gasteiger partial charge in [0.25, 0.3) is 0 Å². The van der Waals surface area contributed by atoms with Crippen LogP contribution in [-0.2, 0) is 9.47 Å². The van der Waals surface area contributed by atoms with E-state index < -0.39 is 0 Å². The summed E-state index contributed by atoms with van der Waals surface area (Å²) in [7, 11) is 1.80. The van der Waals surface area contributed by atoms with Crippen molar-refractivity contribution in [3.63, 3.8) is 0 Å². The van der Waals surface area contributed by atoms with Gasteiger partial charge in [-0.1, -0.05) is 13.8 Å². The second-order valence-electron chi connectivity index (χ2n) is 6.50. The van der Waals surface area contributed by atoms with Gasteiger partial charge in [0.2, 0.25) is 0 Å². The predicted molar refractivity (Wildman–Crippen MR) is 73.8 cm³/mol. The number of rotatable bonds is 7. The van der Waals surface area contributed by atoms with Gasteiger partial charge in [0.05, 0.1) is 6.10 Å². The molecule has 1 saturated carbocycles. The monoisotopic (exact) mass is 255 g/mol. The van der Waals surface area contributed by atoms with Gasteiger partial charge in [-0.15, -0.1) is 0 Å². The van der Waals surface area contributed by atoms with E-state index in [-0.39, 0.29) is 0 Å². The minimum absolute atomic E-state index is 0.449. The molecule has 1 N–H and O–H groups in total. The molecule has 0 aromatic carbocycles. The van der Waals surface area contributed by atoms with Crippen molar-refractivity contribution in [1.29, 1.82) is 0 Å². The van der Waals surface area contributed by atoms with Crippen molar-refractivity contribution >= 4 is 0 Å². The van der Waals surface area contributed by atoms with Gasteiger partial charge < -0.3 is 14.8 Å². The van der Waals surface area contributed by atoms with E-state index in [1.807, 2.05) is 0 Å². The van der Waals surface area contributed by atoms with Gasteiger partial charge >= 0.3 is 0 Å². The predicted octanol–water partition coefficient (Wildman–Crippen LogP) is 2.60. The molecule has 3 nitrogen and oxygen atoms in total. The summed E-state index contributed by atoms with van der Waals surface area (Å²) in [6, 6.07) is 0.658. The standard InChI is InChI=1S/C15H29NO2/c1-12(2)14-10-13(4-8-18-14)16-11-15(5-6-15)7-9-17-3/h12-14,16H,4-11H2,1-3H3. The molecule has 2 unspecified atom stereocenters. The maximum atomic E-state index is 5.82. The highest BCUT2D eigenvalue weighted by Gasteiger charge is 2.42. The first-order chi connectivity index (χ1) is 8.65. The molecule has 2 atom stereocenters. The molecule has 2 rings (SSSR count). The second kappa shape index (κ2) is 6.36. The molecule has 106 valence electrons. The smallest absolute Gasteiger partial charge is 0.0612 e. The molecule has 18 heavy (non-hydrogen) atoms. The lowest BCUT2D eigenvalue weighted by atomic mass is 9.94. The molecule has 0 bridgehead atoms. The third-order valence-corrected chi connectivity index (χ3v) is 4.62. The van der Waals surface area contributed by atoms with E-state index in [1.54, 1.807) is 7.11 Å². The summed E-state index contributed by atoms with van der Waals surface area (Å²) in [5.74, 6) is 0.637.